The summed E-state index contributed by atoms with van der Waals surface area (Å²) in [5.74, 6) is 1.16. The van der Waals surface area contributed by atoms with Gasteiger partial charge in [0.15, 0.2) is 5.82 Å². The largest absolute Gasteiger partial charge is 0.369 e. The van der Waals surface area contributed by atoms with Gasteiger partial charge in [0.1, 0.15) is 0 Å². The highest BCUT2D eigenvalue weighted by molar-refractivity contribution is 5.91. The van der Waals surface area contributed by atoms with E-state index in [1.54, 1.807) is 12.4 Å². The van der Waals surface area contributed by atoms with Crippen LogP contribution in [0.2, 0.25) is 0 Å². The zero-order valence-electron chi connectivity index (χ0n) is 11.7. The molecule has 0 bridgehead atoms. The Morgan fingerprint density at radius 1 is 1.14 bits per heavy atom. The molecule has 2 heterocycles. The molecule has 0 aliphatic rings. The number of aromatic nitrogens is 4. The topological polar surface area (TPSA) is 75.6 Å². The van der Waals surface area contributed by atoms with Gasteiger partial charge >= 0.3 is 0 Å². The van der Waals surface area contributed by atoms with Gasteiger partial charge in [-0.05, 0) is 18.6 Å². The minimum absolute atomic E-state index is 0.453. The fourth-order valence-electron chi connectivity index (χ4n) is 2.02. The molecule has 2 N–H and O–H groups in total. The van der Waals surface area contributed by atoms with E-state index in [-0.39, 0.29) is 0 Å². The van der Waals surface area contributed by atoms with E-state index in [2.05, 4.69) is 37.7 Å². The molecule has 0 unspecified atom stereocenters. The molecule has 0 fully saturated rings. The van der Waals surface area contributed by atoms with Gasteiger partial charge in [0.2, 0.25) is 5.95 Å². The van der Waals surface area contributed by atoms with E-state index in [1.165, 1.54) is 0 Å². The van der Waals surface area contributed by atoms with E-state index in [0.717, 1.165) is 29.6 Å². The predicted molar refractivity (Wildman–Crippen MR) is 83.6 cm³/mol. The Labute approximate surface area is 122 Å². The van der Waals surface area contributed by atoms with Gasteiger partial charge in [0, 0.05) is 18.1 Å². The summed E-state index contributed by atoms with van der Waals surface area (Å²) in [7, 11) is 0. The molecule has 0 aliphatic heterocycles. The SMILES string of the molecule is CCCNc1cnnc(Nc2cccc3cccnc23)n1. The van der Waals surface area contributed by atoms with Crippen molar-refractivity contribution >= 4 is 28.4 Å². The summed E-state index contributed by atoms with van der Waals surface area (Å²) in [4.78, 5) is 8.78. The van der Waals surface area contributed by atoms with E-state index in [4.69, 9.17) is 0 Å². The van der Waals surface area contributed by atoms with Crippen molar-refractivity contribution in [1.82, 2.24) is 20.2 Å². The quantitative estimate of drug-likeness (QED) is 0.748. The van der Waals surface area contributed by atoms with Crippen LogP contribution in [0.4, 0.5) is 17.5 Å². The maximum atomic E-state index is 4.40. The lowest BCUT2D eigenvalue weighted by Gasteiger charge is -2.08. The van der Waals surface area contributed by atoms with Crippen molar-refractivity contribution in [3.05, 3.63) is 42.7 Å². The molecule has 1 aromatic carbocycles. The lowest BCUT2D eigenvalue weighted by Crippen LogP contribution is -2.06. The number of benzene rings is 1. The maximum Gasteiger partial charge on any atom is 0.249 e. The number of fused-ring (bicyclic) bond motifs is 1. The maximum absolute atomic E-state index is 4.40. The number of nitrogens with zero attached hydrogens (tertiary/aromatic N) is 4. The smallest absolute Gasteiger partial charge is 0.249 e. The van der Waals surface area contributed by atoms with Crippen LogP contribution in [0.25, 0.3) is 10.9 Å². The van der Waals surface area contributed by atoms with Crippen molar-refractivity contribution in [2.75, 3.05) is 17.2 Å². The fourth-order valence-corrected chi connectivity index (χ4v) is 2.02. The molecule has 0 aliphatic carbocycles. The number of nitrogens with one attached hydrogen (secondary N) is 2. The average Bonchev–Trinajstić information content (AvgIpc) is 2.54. The lowest BCUT2D eigenvalue weighted by molar-refractivity contribution is 0.935. The highest BCUT2D eigenvalue weighted by Gasteiger charge is 2.05. The molecule has 0 radical (unpaired) electrons. The second-order valence-electron chi connectivity index (χ2n) is 4.60. The predicted octanol–water partition coefficient (Wildman–Crippen LogP) is 2.99. The minimum atomic E-state index is 0.453. The average molecular weight is 280 g/mol. The minimum Gasteiger partial charge on any atom is -0.369 e. The monoisotopic (exact) mass is 280 g/mol. The number of pyridine rings is 1. The van der Waals surface area contributed by atoms with Crippen molar-refractivity contribution < 1.29 is 0 Å². The van der Waals surface area contributed by atoms with E-state index in [1.807, 2.05) is 30.3 Å². The Morgan fingerprint density at radius 2 is 2.05 bits per heavy atom. The van der Waals surface area contributed by atoms with Crippen LogP contribution in [0.3, 0.4) is 0 Å². The molecule has 6 heteroatoms. The third-order valence-corrected chi connectivity index (χ3v) is 2.99. The summed E-state index contributed by atoms with van der Waals surface area (Å²) in [6.45, 7) is 2.95. The van der Waals surface area contributed by atoms with Gasteiger partial charge in [-0.3, -0.25) is 4.98 Å². The molecule has 106 valence electrons. The summed E-state index contributed by atoms with van der Waals surface area (Å²) >= 11 is 0. The van der Waals surface area contributed by atoms with E-state index in [9.17, 15) is 0 Å². The van der Waals surface area contributed by atoms with Crippen LogP contribution >= 0.6 is 0 Å². The van der Waals surface area contributed by atoms with Crippen molar-refractivity contribution in [3.8, 4) is 0 Å². The molecular formula is C15H16N6. The number of para-hydroxylation sites is 1. The second-order valence-corrected chi connectivity index (χ2v) is 4.60. The highest BCUT2D eigenvalue weighted by Crippen LogP contribution is 2.22. The molecule has 2 aromatic heterocycles. The number of rotatable bonds is 5. The van der Waals surface area contributed by atoms with Crippen molar-refractivity contribution in [1.29, 1.82) is 0 Å². The van der Waals surface area contributed by atoms with E-state index in [0.29, 0.717) is 11.8 Å². The van der Waals surface area contributed by atoms with Crippen LogP contribution in [0.15, 0.2) is 42.7 Å². The van der Waals surface area contributed by atoms with Crippen molar-refractivity contribution in [2.45, 2.75) is 13.3 Å². The van der Waals surface area contributed by atoms with Gasteiger partial charge in [-0.15, -0.1) is 5.10 Å². The standard InChI is InChI=1S/C15H16N6/c1-2-8-16-13-10-18-21-15(20-13)19-12-7-3-5-11-6-4-9-17-14(11)12/h3-7,9-10H,2,8H2,1H3,(H2,16,19,20,21). The van der Waals surface area contributed by atoms with Gasteiger partial charge in [0.05, 0.1) is 17.4 Å². The lowest BCUT2D eigenvalue weighted by atomic mass is 10.2. The summed E-state index contributed by atoms with van der Waals surface area (Å²) in [6.07, 6.45) is 4.41. The number of hydrogen-bond acceptors (Lipinski definition) is 6. The third-order valence-electron chi connectivity index (χ3n) is 2.99. The zero-order valence-corrected chi connectivity index (χ0v) is 11.7. The fraction of sp³-hybridized carbons (Fsp3) is 0.200. The Balaban J connectivity index is 1.88. The number of anilines is 3. The molecule has 21 heavy (non-hydrogen) atoms. The Hall–Kier alpha value is -2.76. The molecule has 6 nitrogen and oxygen atoms in total. The van der Waals surface area contributed by atoms with Crippen LogP contribution in [0.5, 0.6) is 0 Å². The van der Waals surface area contributed by atoms with Crippen molar-refractivity contribution in [3.63, 3.8) is 0 Å². The molecule has 0 atom stereocenters. The second kappa shape index (κ2) is 6.13. The first kappa shape index (κ1) is 13.2. The Bertz CT molecular complexity index is 738. The van der Waals surface area contributed by atoms with E-state index >= 15 is 0 Å². The molecule has 0 saturated heterocycles. The van der Waals surface area contributed by atoms with Crippen LogP contribution in [0.1, 0.15) is 13.3 Å². The summed E-state index contributed by atoms with van der Waals surface area (Å²) < 4.78 is 0. The number of hydrogen-bond donors (Lipinski definition) is 2. The van der Waals surface area contributed by atoms with Crippen LogP contribution < -0.4 is 10.6 Å². The van der Waals surface area contributed by atoms with Crippen LogP contribution in [0, 0.1) is 0 Å². The van der Waals surface area contributed by atoms with Gasteiger partial charge < -0.3 is 10.6 Å². The first-order chi connectivity index (χ1) is 10.4. The van der Waals surface area contributed by atoms with Gasteiger partial charge in [0.25, 0.3) is 0 Å². The first-order valence-corrected chi connectivity index (χ1v) is 6.91. The molecule has 3 aromatic rings. The summed E-state index contributed by atoms with van der Waals surface area (Å²) in [6, 6.07) is 9.88. The molecule has 0 spiro atoms. The van der Waals surface area contributed by atoms with Gasteiger partial charge in [-0.1, -0.05) is 25.1 Å². The third kappa shape index (κ3) is 3.05. The summed E-state index contributed by atoms with van der Waals surface area (Å²) in [5, 5.41) is 15.4. The van der Waals surface area contributed by atoms with Crippen molar-refractivity contribution in [2.24, 2.45) is 0 Å². The highest BCUT2D eigenvalue weighted by atomic mass is 15.3. The van der Waals surface area contributed by atoms with E-state index < -0.39 is 0 Å². The first-order valence-electron chi connectivity index (χ1n) is 6.91. The van der Waals surface area contributed by atoms with Gasteiger partial charge in [-0.2, -0.15) is 10.1 Å². The molecule has 0 saturated carbocycles. The zero-order chi connectivity index (χ0) is 14.5. The summed E-state index contributed by atoms with van der Waals surface area (Å²) in [5.41, 5.74) is 1.75. The van der Waals surface area contributed by atoms with Crippen LogP contribution in [-0.2, 0) is 0 Å². The molecule has 3 rings (SSSR count). The Morgan fingerprint density at radius 3 is 2.95 bits per heavy atom. The Kier molecular flexibility index (Phi) is 3.86. The van der Waals surface area contributed by atoms with Gasteiger partial charge in [-0.25, -0.2) is 0 Å². The molecule has 0 amide bonds. The van der Waals surface area contributed by atoms with Crippen LogP contribution in [-0.4, -0.2) is 26.7 Å². The molecular weight excluding hydrogens is 264 g/mol. The normalized spacial score (nSPS) is 10.5.